The van der Waals surface area contributed by atoms with Crippen LogP contribution in [0.3, 0.4) is 0 Å². The van der Waals surface area contributed by atoms with Crippen molar-refractivity contribution in [3.05, 3.63) is 64.2 Å². The van der Waals surface area contributed by atoms with Gasteiger partial charge in [-0.3, -0.25) is 0 Å². The third-order valence-corrected chi connectivity index (χ3v) is 6.14. The van der Waals surface area contributed by atoms with Gasteiger partial charge in [-0.1, -0.05) is 42.8 Å². The van der Waals surface area contributed by atoms with Crippen molar-refractivity contribution in [1.29, 1.82) is 0 Å². The van der Waals surface area contributed by atoms with Crippen LogP contribution < -0.4 is 4.74 Å². The lowest BCUT2D eigenvalue weighted by Gasteiger charge is -2.40. The predicted molar refractivity (Wildman–Crippen MR) is 145 cm³/mol. The minimum Gasteiger partial charge on any atom is -0.494 e. The Hall–Kier alpha value is -1.79. The van der Waals surface area contributed by atoms with E-state index in [2.05, 4.69) is 0 Å². The van der Waals surface area contributed by atoms with E-state index in [-0.39, 0.29) is 12.7 Å². The molecule has 0 aliphatic carbocycles. The SMILES string of the molecule is CCOc1ccc(Cc2cc([C@@H]3O[C@H](CO)[C@@H](O)[C@H](O)[C@H]3O)ccc2Cl)cc1.CC[C@H](C)O.C[C@H](O)CO. The third kappa shape index (κ3) is 11.1. The maximum Gasteiger partial charge on any atom is 0.119 e. The molecule has 7 atom stereocenters. The van der Waals surface area contributed by atoms with Crippen molar-refractivity contribution in [2.24, 2.45) is 0 Å². The highest BCUT2D eigenvalue weighted by atomic mass is 35.5. The molecule has 0 amide bonds. The molecule has 0 spiro atoms. The Kier molecular flexibility index (Phi) is 16.0. The first-order chi connectivity index (χ1) is 18.0. The summed E-state index contributed by atoms with van der Waals surface area (Å²) in [6, 6.07) is 12.9. The van der Waals surface area contributed by atoms with Gasteiger partial charge >= 0.3 is 0 Å². The molecular formula is C28H43ClO9. The first-order valence-electron chi connectivity index (χ1n) is 12.8. The number of aliphatic hydroxyl groups is 7. The van der Waals surface area contributed by atoms with Gasteiger partial charge in [0.1, 0.15) is 36.3 Å². The van der Waals surface area contributed by atoms with Crippen LogP contribution in [0.2, 0.25) is 5.02 Å². The molecule has 0 aromatic heterocycles. The molecule has 0 radical (unpaired) electrons. The molecule has 38 heavy (non-hydrogen) atoms. The zero-order valence-electron chi connectivity index (χ0n) is 22.4. The minimum absolute atomic E-state index is 0.116. The van der Waals surface area contributed by atoms with Crippen LogP contribution in [-0.4, -0.2) is 92.2 Å². The van der Waals surface area contributed by atoms with Gasteiger partial charge in [-0.15, -0.1) is 0 Å². The van der Waals surface area contributed by atoms with E-state index < -0.39 is 43.2 Å². The van der Waals surface area contributed by atoms with Crippen molar-refractivity contribution < 1.29 is 45.2 Å². The van der Waals surface area contributed by atoms with Crippen LogP contribution in [0.4, 0.5) is 0 Å². The molecule has 2 aromatic carbocycles. The van der Waals surface area contributed by atoms with Gasteiger partial charge in [0.15, 0.2) is 0 Å². The van der Waals surface area contributed by atoms with Gasteiger partial charge in [-0.2, -0.15) is 0 Å². The van der Waals surface area contributed by atoms with Crippen LogP contribution in [0.1, 0.15) is 56.9 Å². The van der Waals surface area contributed by atoms with Crippen molar-refractivity contribution in [3.8, 4) is 5.75 Å². The number of aliphatic hydroxyl groups excluding tert-OH is 7. The second kappa shape index (κ2) is 17.7. The van der Waals surface area contributed by atoms with Gasteiger partial charge in [0, 0.05) is 5.02 Å². The second-order valence-corrected chi connectivity index (χ2v) is 9.55. The fourth-order valence-corrected chi connectivity index (χ4v) is 3.56. The molecule has 0 unspecified atom stereocenters. The zero-order valence-corrected chi connectivity index (χ0v) is 23.2. The van der Waals surface area contributed by atoms with E-state index >= 15 is 0 Å². The van der Waals surface area contributed by atoms with Gasteiger partial charge in [0.2, 0.25) is 0 Å². The maximum atomic E-state index is 10.3. The number of benzene rings is 2. The maximum absolute atomic E-state index is 10.3. The Labute approximate surface area is 229 Å². The van der Waals surface area contributed by atoms with Crippen molar-refractivity contribution >= 4 is 11.6 Å². The van der Waals surface area contributed by atoms with Gasteiger partial charge < -0.3 is 45.2 Å². The lowest BCUT2D eigenvalue weighted by atomic mass is 9.90. The monoisotopic (exact) mass is 558 g/mol. The molecule has 7 N–H and O–H groups in total. The van der Waals surface area contributed by atoms with E-state index in [1.807, 2.05) is 44.2 Å². The van der Waals surface area contributed by atoms with Crippen LogP contribution in [0.15, 0.2) is 42.5 Å². The Bertz CT molecular complexity index is 898. The standard InChI is InChI=1S/C21H25ClO6.C4H10O.C3H8O2/c1-2-27-15-6-3-12(4-7-15)9-14-10-13(5-8-16(14)22)21-20(26)19(25)18(24)17(11-23)28-21;1-3-4(2)5;1-3(5)2-4/h3-8,10,17-21,23-26H,2,9,11H2,1H3;4-5H,3H2,1-2H3;3-5H,2H2,1H3/t17-,18-,19+,20-,21+;4-;3-/m100/s1. The highest BCUT2D eigenvalue weighted by Crippen LogP contribution is 2.34. The quantitative estimate of drug-likeness (QED) is 0.257. The van der Waals surface area contributed by atoms with Crippen LogP contribution in [0.25, 0.3) is 0 Å². The number of rotatable bonds is 8. The van der Waals surface area contributed by atoms with Crippen molar-refractivity contribution in [3.63, 3.8) is 0 Å². The zero-order chi connectivity index (χ0) is 28.8. The fourth-order valence-electron chi connectivity index (χ4n) is 3.37. The Morgan fingerprint density at radius 3 is 1.95 bits per heavy atom. The molecule has 216 valence electrons. The lowest BCUT2D eigenvalue weighted by Crippen LogP contribution is -2.55. The van der Waals surface area contributed by atoms with Crippen molar-refractivity contribution in [2.75, 3.05) is 19.8 Å². The Morgan fingerprint density at radius 1 is 0.895 bits per heavy atom. The summed E-state index contributed by atoms with van der Waals surface area (Å²) < 4.78 is 11.1. The van der Waals surface area contributed by atoms with Gasteiger partial charge in [0.25, 0.3) is 0 Å². The van der Waals surface area contributed by atoms with Gasteiger partial charge in [-0.05, 0) is 68.5 Å². The van der Waals surface area contributed by atoms with Crippen molar-refractivity contribution in [2.45, 2.75) is 83.3 Å². The average molecular weight is 559 g/mol. The van der Waals surface area contributed by atoms with E-state index in [1.165, 1.54) is 6.92 Å². The third-order valence-electron chi connectivity index (χ3n) is 5.77. The summed E-state index contributed by atoms with van der Waals surface area (Å²) in [7, 11) is 0. The van der Waals surface area contributed by atoms with Crippen LogP contribution in [-0.2, 0) is 11.2 Å². The first-order valence-corrected chi connectivity index (χ1v) is 13.1. The molecule has 2 aromatic rings. The van der Waals surface area contributed by atoms with E-state index in [0.29, 0.717) is 23.6 Å². The van der Waals surface area contributed by atoms with Crippen LogP contribution in [0.5, 0.6) is 5.75 Å². The summed E-state index contributed by atoms with van der Waals surface area (Å²) in [5.41, 5.74) is 2.49. The highest BCUT2D eigenvalue weighted by molar-refractivity contribution is 6.31. The fraction of sp³-hybridized carbons (Fsp3) is 0.571. The summed E-state index contributed by atoms with van der Waals surface area (Å²) in [6.07, 6.45) is -5.20. The molecule has 1 fully saturated rings. The van der Waals surface area contributed by atoms with Crippen LogP contribution in [0, 0.1) is 0 Å². The summed E-state index contributed by atoms with van der Waals surface area (Å²) in [5, 5.41) is 64.6. The molecule has 10 heteroatoms. The summed E-state index contributed by atoms with van der Waals surface area (Å²) in [6.45, 7) is 7.18. The largest absolute Gasteiger partial charge is 0.494 e. The summed E-state index contributed by atoms with van der Waals surface area (Å²) >= 11 is 6.35. The molecule has 1 saturated heterocycles. The Morgan fingerprint density at radius 2 is 1.47 bits per heavy atom. The molecule has 0 bridgehead atoms. The lowest BCUT2D eigenvalue weighted by molar-refractivity contribution is -0.231. The molecule has 1 aliphatic rings. The summed E-state index contributed by atoms with van der Waals surface area (Å²) in [5.74, 6) is 0.799. The second-order valence-electron chi connectivity index (χ2n) is 9.14. The molecule has 1 heterocycles. The number of hydrogen-bond donors (Lipinski definition) is 7. The van der Waals surface area contributed by atoms with Gasteiger partial charge in [0.05, 0.1) is 32.0 Å². The smallest absolute Gasteiger partial charge is 0.119 e. The number of ether oxygens (including phenoxy) is 2. The molecule has 1 aliphatic heterocycles. The van der Waals surface area contributed by atoms with Crippen molar-refractivity contribution in [1.82, 2.24) is 0 Å². The molecule has 0 saturated carbocycles. The number of halogens is 1. The van der Waals surface area contributed by atoms with E-state index in [4.69, 9.17) is 36.4 Å². The first kappa shape index (κ1) is 34.2. The minimum atomic E-state index is -1.42. The molecule has 9 nitrogen and oxygen atoms in total. The molecular weight excluding hydrogens is 516 g/mol. The van der Waals surface area contributed by atoms with E-state index in [0.717, 1.165) is 23.3 Å². The average Bonchev–Trinajstić information content (AvgIpc) is 2.91. The summed E-state index contributed by atoms with van der Waals surface area (Å²) in [4.78, 5) is 0. The highest BCUT2D eigenvalue weighted by Gasteiger charge is 2.44. The predicted octanol–water partition coefficient (Wildman–Crippen LogP) is 1.98. The number of hydrogen-bond acceptors (Lipinski definition) is 9. The molecule has 3 rings (SSSR count). The Balaban J connectivity index is 0.000000616. The van der Waals surface area contributed by atoms with Gasteiger partial charge in [-0.25, -0.2) is 0 Å². The normalized spacial score (nSPS) is 24.3. The van der Waals surface area contributed by atoms with E-state index in [9.17, 15) is 20.4 Å². The topological polar surface area (TPSA) is 160 Å². The van der Waals surface area contributed by atoms with E-state index in [1.54, 1.807) is 19.1 Å². The van der Waals surface area contributed by atoms with Crippen LogP contribution >= 0.6 is 11.6 Å².